The van der Waals surface area contributed by atoms with Crippen LogP contribution in [0.2, 0.25) is 0 Å². The second-order valence-electron chi connectivity index (χ2n) is 4.54. The summed E-state index contributed by atoms with van der Waals surface area (Å²) in [6.07, 6.45) is 2.37. The first kappa shape index (κ1) is 15.0. The summed E-state index contributed by atoms with van der Waals surface area (Å²) in [5.74, 6) is 2.00. The first-order valence-corrected chi connectivity index (χ1v) is 7.30. The molecular weight excluding hydrogens is 248 g/mol. The van der Waals surface area contributed by atoms with Crippen LogP contribution in [0.1, 0.15) is 20.3 Å². The van der Waals surface area contributed by atoms with Gasteiger partial charge >= 0.3 is 0 Å². The van der Waals surface area contributed by atoms with Crippen molar-refractivity contribution >= 4 is 23.4 Å². The highest BCUT2D eigenvalue weighted by Crippen LogP contribution is 2.17. The monoisotopic (exact) mass is 270 g/mol. The number of nitrogens with zero attached hydrogens (tertiary/aromatic N) is 2. The van der Waals surface area contributed by atoms with Gasteiger partial charge in [0.1, 0.15) is 11.6 Å². The van der Waals surface area contributed by atoms with Crippen molar-refractivity contribution in [3.05, 3.63) is 6.07 Å². The Balaban J connectivity index is 2.60. The van der Waals surface area contributed by atoms with E-state index in [-0.39, 0.29) is 6.10 Å². The third-order valence-corrected chi connectivity index (χ3v) is 2.95. The fourth-order valence-electron chi connectivity index (χ4n) is 1.58. The molecule has 0 spiro atoms. The maximum absolute atomic E-state index is 9.81. The molecule has 0 radical (unpaired) electrons. The number of aliphatic hydroxyl groups excluding tert-OH is 1. The molecule has 1 heterocycles. The second-order valence-corrected chi connectivity index (χ2v) is 5.31. The van der Waals surface area contributed by atoms with E-state index in [1.54, 1.807) is 0 Å². The number of thioether (sulfide) groups is 1. The van der Waals surface area contributed by atoms with Crippen LogP contribution in [0.5, 0.6) is 0 Å². The van der Waals surface area contributed by atoms with E-state index in [1.165, 1.54) is 11.8 Å². The van der Waals surface area contributed by atoms with E-state index in [2.05, 4.69) is 34.4 Å². The molecule has 1 unspecified atom stereocenters. The van der Waals surface area contributed by atoms with Gasteiger partial charge in [0, 0.05) is 19.7 Å². The van der Waals surface area contributed by atoms with Gasteiger partial charge in [-0.15, -0.1) is 0 Å². The molecule has 3 N–H and O–H groups in total. The summed E-state index contributed by atoms with van der Waals surface area (Å²) in [6, 6.07) is 1.84. The third kappa shape index (κ3) is 5.10. The minimum Gasteiger partial charge on any atom is -0.391 e. The summed E-state index contributed by atoms with van der Waals surface area (Å²) in [6.45, 7) is 4.70. The predicted molar refractivity (Wildman–Crippen MR) is 77.3 cm³/mol. The number of hydrogen-bond acceptors (Lipinski definition) is 6. The lowest BCUT2D eigenvalue weighted by Gasteiger charge is -2.15. The van der Waals surface area contributed by atoms with Gasteiger partial charge in [-0.05, 0) is 18.6 Å². The Hall–Kier alpha value is -1.01. The quantitative estimate of drug-likeness (QED) is 0.520. The van der Waals surface area contributed by atoms with Crippen molar-refractivity contribution in [2.45, 2.75) is 31.5 Å². The lowest BCUT2D eigenvalue weighted by Crippen LogP contribution is -2.21. The van der Waals surface area contributed by atoms with E-state index in [0.29, 0.717) is 17.6 Å². The molecule has 5 nitrogen and oxygen atoms in total. The maximum Gasteiger partial charge on any atom is 0.191 e. The number of anilines is 2. The molecule has 0 aliphatic rings. The molecule has 102 valence electrons. The largest absolute Gasteiger partial charge is 0.391 e. The first-order valence-electron chi connectivity index (χ1n) is 6.08. The molecular formula is C12H22N4OS. The molecule has 0 aliphatic heterocycles. The Labute approximate surface area is 113 Å². The van der Waals surface area contributed by atoms with Crippen molar-refractivity contribution in [3.8, 4) is 0 Å². The Morgan fingerprint density at radius 3 is 2.56 bits per heavy atom. The van der Waals surface area contributed by atoms with Crippen molar-refractivity contribution in [2.24, 2.45) is 5.92 Å². The highest BCUT2D eigenvalue weighted by atomic mass is 32.2. The van der Waals surface area contributed by atoms with E-state index < -0.39 is 0 Å². The first-order chi connectivity index (χ1) is 8.55. The molecule has 1 rings (SSSR count). The van der Waals surface area contributed by atoms with Crippen molar-refractivity contribution in [1.29, 1.82) is 0 Å². The van der Waals surface area contributed by atoms with Crippen molar-refractivity contribution in [3.63, 3.8) is 0 Å². The van der Waals surface area contributed by atoms with Crippen LogP contribution in [0.4, 0.5) is 11.6 Å². The molecule has 1 aromatic rings. The molecule has 1 aromatic heterocycles. The number of hydrogen-bond donors (Lipinski definition) is 3. The molecule has 0 bridgehead atoms. The topological polar surface area (TPSA) is 70.1 Å². The van der Waals surface area contributed by atoms with Crippen molar-refractivity contribution < 1.29 is 5.11 Å². The maximum atomic E-state index is 9.81. The molecule has 0 aromatic carbocycles. The lowest BCUT2D eigenvalue weighted by atomic mass is 10.1. The van der Waals surface area contributed by atoms with E-state index in [9.17, 15) is 5.11 Å². The highest BCUT2D eigenvalue weighted by Gasteiger charge is 2.08. The number of aromatic nitrogens is 2. The zero-order chi connectivity index (χ0) is 13.5. The van der Waals surface area contributed by atoms with Gasteiger partial charge in [-0.25, -0.2) is 9.97 Å². The lowest BCUT2D eigenvalue weighted by molar-refractivity contribution is 0.161. The van der Waals surface area contributed by atoms with Crippen LogP contribution in [0.15, 0.2) is 11.2 Å². The van der Waals surface area contributed by atoms with Gasteiger partial charge in [-0.2, -0.15) is 0 Å². The van der Waals surface area contributed by atoms with Gasteiger partial charge in [0.05, 0.1) is 6.10 Å². The summed E-state index contributed by atoms with van der Waals surface area (Å²) in [5.41, 5.74) is 0. The molecule has 6 heteroatoms. The molecule has 1 atom stereocenters. The summed E-state index contributed by atoms with van der Waals surface area (Å²) in [7, 11) is 1.82. The Morgan fingerprint density at radius 1 is 1.33 bits per heavy atom. The highest BCUT2D eigenvalue weighted by molar-refractivity contribution is 7.98. The van der Waals surface area contributed by atoms with E-state index >= 15 is 0 Å². The van der Waals surface area contributed by atoms with Crippen molar-refractivity contribution in [2.75, 3.05) is 30.5 Å². The molecule has 0 amide bonds. The van der Waals surface area contributed by atoms with Gasteiger partial charge < -0.3 is 15.7 Å². The summed E-state index contributed by atoms with van der Waals surface area (Å²) in [4.78, 5) is 8.62. The van der Waals surface area contributed by atoms with Crippen LogP contribution < -0.4 is 10.6 Å². The van der Waals surface area contributed by atoms with E-state index in [1.807, 2.05) is 19.4 Å². The molecule has 0 aliphatic carbocycles. The van der Waals surface area contributed by atoms with Crippen molar-refractivity contribution in [1.82, 2.24) is 9.97 Å². The summed E-state index contributed by atoms with van der Waals surface area (Å²) < 4.78 is 0. The molecule has 0 saturated heterocycles. The Morgan fingerprint density at radius 2 is 2.00 bits per heavy atom. The van der Waals surface area contributed by atoms with Crippen LogP contribution in [0, 0.1) is 5.92 Å². The van der Waals surface area contributed by atoms with E-state index in [0.717, 1.165) is 18.1 Å². The molecule has 0 saturated carbocycles. The van der Waals surface area contributed by atoms with Crippen LogP contribution in [-0.4, -0.2) is 41.0 Å². The van der Waals surface area contributed by atoms with Gasteiger partial charge in [-0.1, -0.05) is 25.6 Å². The summed E-state index contributed by atoms with van der Waals surface area (Å²) >= 11 is 1.49. The standard InChI is InChI=1S/C12H22N4OS/c1-8(2)5-9(17)7-14-11-6-10(13-3)15-12(16-11)18-4/h6,8-9,17H,5,7H2,1-4H3,(H2,13,14,15,16). The van der Waals surface area contributed by atoms with Gasteiger partial charge in [0.25, 0.3) is 0 Å². The smallest absolute Gasteiger partial charge is 0.191 e. The average molecular weight is 270 g/mol. The van der Waals surface area contributed by atoms with Gasteiger partial charge in [-0.3, -0.25) is 0 Å². The minimum atomic E-state index is -0.351. The average Bonchev–Trinajstić information content (AvgIpc) is 2.35. The predicted octanol–water partition coefficient (Wildman–Crippen LogP) is 2.06. The minimum absolute atomic E-state index is 0.351. The fourth-order valence-corrected chi connectivity index (χ4v) is 1.96. The third-order valence-electron chi connectivity index (χ3n) is 2.41. The Bertz CT molecular complexity index is 351. The number of rotatable bonds is 7. The fraction of sp³-hybridized carbons (Fsp3) is 0.667. The SMILES string of the molecule is CNc1cc(NCC(O)CC(C)C)nc(SC)n1. The second kappa shape index (κ2) is 7.43. The Kier molecular flexibility index (Phi) is 6.21. The molecule has 18 heavy (non-hydrogen) atoms. The van der Waals surface area contributed by atoms with Gasteiger partial charge in [0.2, 0.25) is 0 Å². The number of aliphatic hydroxyl groups is 1. The van der Waals surface area contributed by atoms with Gasteiger partial charge in [0.15, 0.2) is 5.16 Å². The number of nitrogens with one attached hydrogen (secondary N) is 2. The summed E-state index contributed by atoms with van der Waals surface area (Å²) in [5, 5.41) is 16.7. The van der Waals surface area contributed by atoms with Crippen LogP contribution >= 0.6 is 11.8 Å². The van der Waals surface area contributed by atoms with E-state index in [4.69, 9.17) is 0 Å². The van der Waals surface area contributed by atoms with Crippen LogP contribution in [0.3, 0.4) is 0 Å². The zero-order valence-corrected chi connectivity index (χ0v) is 12.2. The van der Waals surface area contributed by atoms with Crippen LogP contribution in [-0.2, 0) is 0 Å². The van der Waals surface area contributed by atoms with Crippen LogP contribution in [0.25, 0.3) is 0 Å². The normalized spacial score (nSPS) is 12.6. The molecule has 0 fully saturated rings. The zero-order valence-electron chi connectivity index (χ0n) is 11.4.